The highest BCUT2D eigenvalue weighted by molar-refractivity contribution is 9.10. The summed E-state index contributed by atoms with van der Waals surface area (Å²) in [4.78, 5) is 3.41. The van der Waals surface area contributed by atoms with Gasteiger partial charge < -0.3 is 0 Å². The second-order valence-electron chi connectivity index (χ2n) is 4.33. The molecule has 0 saturated carbocycles. The first-order valence-corrected chi connectivity index (χ1v) is 8.13. The number of sulfonamides is 1. The molecule has 1 heterocycles. The van der Waals surface area contributed by atoms with E-state index in [0.717, 1.165) is 11.8 Å². The van der Waals surface area contributed by atoms with E-state index in [-0.39, 0.29) is 11.0 Å². The Balaban J connectivity index is 2.25. The first kappa shape index (κ1) is 16.0. The monoisotopic (exact) mass is 376 g/mol. The van der Waals surface area contributed by atoms with E-state index in [4.69, 9.17) is 0 Å². The normalized spacial score (nSPS) is 11.6. The second-order valence-corrected chi connectivity index (χ2v) is 6.89. The summed E-state index contributed by atoms with van der Waals surface area (Å²) in [6, 6.07) is 4.86. The van der Waals surface area contributed by atoms with Crippen LogP contribution in [0.25, 0.3) is 0 Å². The number of aryl methyl sites for hydroxylation is 1. The van der Waals surface area contributed by atoms with E-state index in [9.17, 15) is 17.2 Å². The molecule has 0 fully saturated rings. The fourth-order valence-electron chi connectivity index (χ4n) is 1.64. The maximum absolute atomic E-state index is 13.7. The summed E-state index contributed by atoms with van der Waals surface area (Å²) in [6.07, 6.45) is 1.52. The Morgan fingerprint density at radius 1 is 1.29 bits per heavy atom. The number of benzene rings is 1. The molecule has 0 atom stereocenters. The number of nitrogens with zero attached hydrogens (tertiary/aromatic N) is 1. The van der Waals surface area contributed by atoms with Crippen LogP contribution in [0.1, 0.15) is 11.3 Å². The van der Waals surface area contributed by atoms with Crippen LogP contribution in [0.3, 0.4) is 0 Å². The van der Waals surface area contributed by atoms with E-state index in [2.05, 4.69) is 25.6 Å². The van der Waals surface area contributed by atoms with Crippen LogP contribution < -0.4 is 4.72 Å². The van der Waals surface area contributed by atoms with Crippen LogP contribution in [-0.4, -0.2) is 13.4 Å². The predicted octanol–water partition coefficient (Wildman–Crippen LogP) is 2.91. The van der Waals surface area contributed by atoms with E-state index in [1.807, 2.05) is 0 Å². The number of hydrogen-bond acceptors (Lipinski definition) is 3. The molecular weight excluding hydrogens is 366 g/mol. The lowest BCUT2D eigenvalue weighted by atomic mass is 10.2. The average molecular weight is 377 g/mol. The lowest BCUT2D eigenvalue weighted by Crippen LogP contribution is -2.24. The molecule has 0 aliphatic rings. The third-order valence-electron chi connectivity index (χ3n) is 2.67. The molecule has 1 aromatic carbocycles. The van der Waals surface area contributed by atoms with Gasteiger partial charge in [-0.1, -0.05) is 6.07 Å². The molecule has 112 valence electrons. The number of nitrogens with one attached hydrogen (secondary N) is 1. The van der Waals surface area contributed by atoms with Crippen LogP contribution in [0.5, 0.6) is 0 Å². The zero-order valence-electron chi connectivity index (χ0n) is 10.9. The van der Waals surface area contributed by atoms with Crippen LogP contribution >= 0.6 is 15.9 Å². The van der Waals surface area contributed by atoms with Gasteiger partial charge in [-0.3, -0.25) is 4.98 Å². The van der Waals surface area contributed by atoms with Gasteiger partial charge in [0.1, 0.15) is 16.5 Å². The van der Waals surface area contributed by atoms with Gasteiger partial charge in [0.15, 0.2) is 0 Å². The highest BCUT2D eigenvalue weighted by Gasteiger charge is 2.23. The van der Waals surface area contributed by atoms with Crippen molar-refractivity contribution in [3.63, 3.8) is 0 Å². The molecule has 4 nitrogen and oxygen atoms in total. The third-order valence-corrected chi connectivity index (χ3v) is 5.04. The zero-order chi connectivity index (χ0) is 15.6. The first-order valence-electron chi connectivity index (χ1n) is 5.85. The number of aromatic nitrogens is 1. The summed E-state index contributed by atoms with van der Waals surface area (Å²) in [5.41, 5.74) is 1.43. The van der Waals surface area contributed by atoms with Crippen molar-refractivity contribution in [3.8, 4) is 0 Å². The second kappa shape index (κ2) is 6.17. The summed E-state index contributed by atoms with van der Waals surface area (Å²) in [5.74, 6) is -2.02. The van der Waals surface area contributed by atoms with Crippen molar-refractivity contribution in [2.24, 2.45) is 0 Å². The standard InChI is InChI=1S/C13H11BrF2N2O2S/c1-8-2-3-9(6-17-8)7-18-21(19,20)13-11(14)4-10(15)5-12(13)16/h2-6,18H,7H2,1H3. The Morgan fingerprint density at radius 3 is 2.57 bits per heavy atom. The number of pyridine rings is 1. The molecule has 2 rings (SSSR count). The molecule has 21 heavy (non-hydrogen) atoms. The maximum atomic E-state index is 13.7. The molecule has 0 aliphatic carbocycles. The van der Waals surface area contributed by atoms with E-state index in [0.29, 0.717) is 11.6 Å². The summed E-state index contributed by atoms with van der Waals surface area (Å²) in [7, 11) is -4.11. The number of hydrogen-bond donors (Lipinski definition) is 1. The highest BCUT2D eigenvalue weighted by Crippen LogP contribution is 2.26. The van der Waals surface area contributed by atoms with Gasteiger partial charge in [0, 0.05) is 29.0 Å². The van der Waals surface area contributed by atoms with Gasteiger partial charge in [0.05, 0.1) is 0 Å². The van der Waals surface area contributed by atoms with Crippen LogP contribution in [0.15, 0.2) is 39.8 Å². The van der Waals surface area contributed by atoms with Gasteiger partial charge in [-0.05, 0) is 40.5 Å². The largest absolute Gasteiger partial charge is 0.261 e. The summed E-state index contributed by atoms with van der Waals surface area (Å²) < 4.78 is 53.0. The molecule has 0 bridgehead atoms. The van der Waals surface area contributed by atoms with Crippen LogP contribution in [0, 0.1) is 18.6 Å². The number of halogens is 3. The van der Waals surface area contributed by atoms with E-state index >= 15 is 0 Å². The van der Waals surface area contributed by atoms with Crippen molar-refractivity contribution in [1.82, 2.24) is 9.71 Å². The summed E-state index contributed by atoms with van der Waals surface area (Å²) in [5, 5.41) is 0. The number of rotatable bonds is 4. The molecule has 1 N–H and O–H groups in total. The smallest absolute Gasteiger partial charge is 0.244 e. The van der Waals surface area contributed by atoms with Gasteiger partial charge >= 0.3 is 0 Å². The topological polar surface area (TPSA) is 59.1 Å². The Kier molecular flexibility index (Phi) is 4.70. The zero-order valence-corrected chi connectivity index (χ0v) is 13.3. The molecule has 8 heteroatoms. The maximum Gasteiger partial charge on any atom is 0.244 e. The fourth-order valence-corrected chi connectivity index (χ4v) is 3.82. The highest BCUT2D eigenvalue weighted by atomic mass is 79.9. The Morgan fingerprint density at radius 2 is 2.00 bits per heavy atom. The molecule has 0 spiro atoms. The first-order chi connectivity index (χ1) is 9.79. The van der Waals surface area contributed by atoms with Crippen molar-refractivity contribution in [2.45, 2.75) is 18.4 Å². The molecule has 0 aliphatic heterocycles. The molecule has 0 amide bonds. The van der Waals surface area contributed by atoms with E-state index in [1.54, 1.807) is 19.1 Å². The Bertz CT molecular complexity index is 741. The molecule has 0 unspecified atom stereocenters. The van der Waals surface area contributed by atoms with Gasteiger partial charge in [-0.25, -0.2) is 21.9 Å². The van der Waals surface area contributed by atoms with Crippen LogP contribution in [0.2, 0.25) is 0 Å². The van der Waals surface area contributed by atoms with E-state index in [1.165, 1.54) is 6.20 Å². The molecule has 0 saturated heterocycles. The van der Waals surface area contributed by atoms with Gasteiger partial charge in [0.25, 0.3) is 0 Å². The van der Waals surface area contributed by atoms with Crippen LogP contribution in [0.4, 0.5) is 8.78 Å². The van der Waals surface area contributed by atoms with Crippen molar-refractivity contribution < 1.29 is 17.2 Å². The average Bonchev–Trinajstić information content (AvgIpc) is 2.36. The SMILES string of the molecule is Cc1ccc(CNS(=O)(=O)c2c(F)cc(F)cc2Br)cn1. The Labute approximate surface area is 129 Å². The minimum atomic E-state index is -4.11. The van der Waals surface area contributed by atoms with Gasteiger partial charge in [0.2, 0.25) is 10.0 Å². The molecule has 1 aromatic heterocycles. The van der Waals surface area contributed by atoms with E-state index < -0.39 is 26.6 Å². The van der Waals surface area contributed by atoms with Crippen molar-refractivity contribution >= 4 is 26.0 Å². The summed E-state index contributed by atoms with van der Waals surface area (Å²) >= 11 is 2.86. The van der Waals surface area contributed by atoms with Crippen molar-refractivity contribution in [3.05, 3.63) is 57.8 Å². The van der Waals surface area contributed by atoms with Crippen LogP contribution in [-0.2, 0) is 16.6 Å². The molecule has 0 radical (unpaired) electrons. The summed E-state index contributed by atoms with van der Waals surface area (Å²) in [6.45, 7) is 1.76. The Hall–Kier alpha value is -1.38. The van der Waals surface area contributed by atoms with Crippen molar-refractivity contribution in [1.29, 1.82) is 0 Å². The quantitative estimate of drug-likeness (QED) is 0.892. The lowest BCUT2D eigenvalue weighted by molar-refractivity contribution is 0.540. The minimum Gasteiger partial charge on any atom is -0.261 e. The van der Waals surface area contributed by atoms with Crippen molar-refractivity contribution in [2.75, 3.05) is 0 Å². The van der Waals surface area contributed by atoms with Gasteiger partial charge in [-0.15, -0.1) is 0 Å². The molecule has 2 aromatic rings. The molecular formula is C13H11BrF2N2O2S. The van der Waals surface area contributed by atoms with Gasteiger partial charge in [-0.2, -0.15) is 0 Å². The fraction of sp³-hybridized carbons (Fsp3) is 0.154. The lowest BCUT2D eigenvalue weighted by Gasteiger charge is -2.09. The third kappa shape index (κ3) is 3.84. The predicted molar refractivity (Wildman–Crippen MR) is 77.1 cm³/mol. The minimum absolute atomic E-state index is 0.0428.